The lowest BCUT2D eigenvalue weighted by molar-refractivity contribution is -0.126. The third-order valence-electron chi connectivity index (χ3n) is 4.30. The van der Waals surface area contributed by atoms with Gasteiger partial charge in [-0.1, -0.05) is 17.7 Å². The van der Waals surface area contributed by atoms with Crippen LogP contribution in [0.5, 0.6) is 5.75 Å². The van der Waals surface area contributed by atoms with Crippen molar-refractivity contribution in [3.63, 3.8) is 0 Å². The highest BCUT2D eigenvalue weighted by Crippen LogP contribution is 2.32. The molecule has 1 fully saturated rings. The fraction of sp³-hybridized carbons (Fsp3) is 0.471. The second kappa shape index (κ2) is 6.51. The maximum Gasteiger partial charge on any atom is 0.326 e. The molecule has 128 valence electrons. The standard InChI is InChI=1S/C17H21N3O4/c1-11-5-6-14-12(8-11)13(10-24-14)18-15(21)4-3-7-20-16(22)9-19(2)17(20)23/h5-6,8,13H,3-4,7,9-10H2,1-2H3,(H,18,21). The maximum absolute atomic E-state index is 12.1. The van der Waals surface area contributed by atoms with E-state index in [9.17, 15) is 14.4 Å². The first-order valence-electron chi connectivity index (χ1n) is 8.04. The molecule has 3 rings (SSSR count). The first kappa shape index (κ1) is 16.3. The van der Waals surface area contributed by atoms with E-state index in [1.165, 1.54) is 9.80 Å². The zero-order valence-electron chi connectivity index (χ0n) is 13.9. The lowest BCUT2D eigenvalue weighted by Gasteiger charge is -2.15. The SMILES string of the molecule is Cc1ccc2c(c1)C(NC(=O)CCCN1C(=O)CN(C)C1=O)CO2. The molecule has 0 radical (unpaired) electrons. The predicted molar refractivity (Wildman–Crippen MR) is 86.5 cm³/mol. The molecule has 1 saturated heterocycles. The summed E-state index contributed by atoms with van der Waals surface area (Å²) in [5.41, 5.74) is 2.11. The number of aryl methyl sites for hydroxylation is 1. The van der Waals surface area contributed by atoms with Gasteiger partial charge in [-0.25, -0.2) is 4.79 Å². The largest absolute Gasteiger partial charge is 0.491 e. The second-order valence-electron chi connectivity index (χ2n) is 6.26. The van der Waals surface area contributed by atoms with E-state index >= 15 is 0 Å². The first-order chi connectivity index (χ1) is 11.5. The average Bonchev–Trinajstić information content (AvgIpc) is 3.03. The van der Waals surface area contributed by atoms with Crippen molar-refractivity contribution >= 4 is 17.8 Å². The van der Waals surface area contributed by atoms with Crippen molar-refractivity contribution in [1.82, 2.24) is 15.1 Å². The van der Waals surface area contributed by atoms with Gasteiger partial charge in [0.1, 0.15) is 18.9 Å². The van der Waals surface area contributed by atoms with E-state index in [-0.39, 0.29) is 43.4 Å². The van der Waals surface area contributed by atoms with E-state index in [2.05, 4.69) is 5.32 Å². The smallest absolute Gasteiger partial charge is 0.326 e. The fourth-order valence-electron chi connectivity index (χ4n) is 3.01. The van der Waals surface area contributed by atoms with Gasteiger partial charge in [-0.15, -0.1) is 0 Å². The van der Waals surface area contributed by atoms with Crippen LogP contribution in [0.25, 0.3) is 0 Å². The average molecular weight is 331 g/mol. The number of amides is 4. The predicted octanol–water partition coefficient (Wildman–Crippen LogP) is 1.22. The number of hydrogen-bond acceptors (Lipinski definition) is 4. The quantitative estimate of drug-likeness (QED) is 0.823. The highest BCUT2D eigenvalue weighted by Gasteiger charge is 2.33. The third kappa shape index (κ3) is 3.20. The topological polar surface area (TPSA) is 79.0 Å². The maximum atomic E-state index is 12.1. The van der Waals surface area contributed by atoms with Crippen LogP contribution in [0.1, 0.15) is 30.0 Å². The normalized spacial score (nSPS) is 19.5. The van der Waals surface area contributed by atoms with Gasteiger partial charge >= 0.3 is 6.03 Å². The molecule has 0 spiro atoms. The van der Waals surface area contributed by atoms with Gasteiger partial charge in [-0.2, -0.15) is 0 Å². The summed E-state index contributed by atoms with van der Waals surface area (Å²) >= 11 is 0. The van der Waals surface area contributed by atoms with Crippen LogP contribution < -0.4 is 10.1 Å². The van der Waals surface area contributed by atoms with Gasteiger partial charge in [0.2, 0.25) is 11.8 Å². The molecule has 2 aliphatic heterocycles. The zero-order chi connectivity index (χ0) is 17.3. The van der Waals surface area contributed by atoms with E-state index in [1.54, 1.807) is 7.05 Å². The fourth-order valence-corrected chi connectivity index (χ4v) is 3.01. The number of carbonyl (C=O) groups excluding carboxylic acids is 3. The van der Waals surface area contributed by atoms with Crippen molar-refractivity contribution in [2.45, 2.75) is 25.8 Å². The molecule has 1 unspecified atom stereocenters. The first-order valence-corrected chi connectivity index (χ1v) is 8.04. The van der Waals surface area contributed by atoms with E-state index in [0.717, 1.165) is 16.9 Å². The Morgan fingerprint density at radius 1 is 1.38 bits per heavy atom. The Kier molecular flexibility index (Phi) is 4.42. The van der Waals surface area contributed by atoms with Gasteiger partial charge in [0.05, 0.1) is 6.04 Å². The van der Waals surface area contributed by atoms with Crippen LogP contribution in [-0.2, 0) is 9.59 Å². The highest BCUT2D eigenvalue weighted by atomic mass is 16.5. The monoisotopic (exact) mass is 331 g/mol. The summed E-state index contributed by atoms with van der Waals surface area (Å²) in [6.07, 6.45) is 0.712. The molecule has 2 aliphatic rings. The molecular formula is C17H21N3O4. The molecule has 0 bridgehead atoms. The summed E-state index contributed by atoms with van der Waals surface area (Å²) < 4.78 is 5.57. The van der Waals surface area contributed by atoms with Crippen LogP contribution in [0.3, 0.4) is 0 Å². The molecule has 0 aromatic heterocycles. The molecule has 0 saturated carbocycles. The van der Waals surface area contributed by atoms with Crippen molar-refractivity contribution in [2.75, 3.05) is 26.7 Å². The van der Waals surface area contributed by atoms with E-state index in [1.807, 2.05) is 25.1 Å². The van der Waals surface area contributed by atoms with Gasteiger partial charge in [0.15, 0.2) is 0 Å². The summed E-state index contributed by atoms with van der Waals surface area (Å²) in [6.45, 7) is 2.81. The summed E-state index contributed by atoms with van der Waals surface area (Å²) in [5.74, 6) is 0.490. The van der Waals surface area contributed by atoms with Crippen molar-refractivity contribution in [2.24, 2.45) is 0 Å². The highest BCUT2D eigenvalue weighted by molar-refractivity contribution is 6.01. The minimum absolute atomic E-state index is 0.106. The van der Waals surface area contributed by atoms with Crippen LogP contribution in [0.4, 0.5) is 4.79 Å². The minimum Gasteiger partial charge on any atom is -0.491 e. The Morgan fingerprint density at radius 3 is 2.88 bits per heavy atom. The van der Waals surface area contributed by atoms with Gasteiger partial charge in [0, 0.05) is 25.6 Å². The molecule has 1 atom stereocenters. The molecule has 1 aromatic rings. The van der Waals surface area contributed by atoms with Gasteiger partial charge in [-0.3, -0.25) is 14.5 Å². The second-order valence-corrected chi connectivity index (χ2v) is 6.26. The van der Waals surface area contributed by atoms with Gasteiger partial charge < -0.3 is 15.0 Å². The summed E-state index contributed by atoms with van der Waals surface area (Å²) in [7, 11) is 1.59. The number of likely N-dealkylation sites (N-methyl/N-ethyl adjacent to an activating group) is 1. The summed E-state index contributed by atoms with van der Waals surface area (Å²) in [4.78, 5) is 38.1. The van der Waals surface area contributed by atoms with Crippen molar-refractivity contribution in [1.29, 1.82) is 0 Å². The number of hydrogen-bond donors (Lipinski definition) is 1. The molecule has 0 aliphatic carbocycles. The van der Waals surface area contributed by atoms with Crippen LogP contribution >= 0.6 is 0 Å². The van der Waals surface area contributed by atoms with Crippen molar-refractivity contribution in [3.05, 3.63) is 29.3 Å². The Balaban J connectivity index is 1.48. The summed E-state index contributed by atoms with van der Waals surface area (Å²) in [6, 6.07) is 5.47. The van der Waals surface area contributed by atoms with Gasteiger partial charge in [0.25, 0.3) is 0 Å². The van der Waals surface area contributed by atoms with E-state index < -0.39 is 0 Å². The van der Waals surface area contributed by atoms with E-state index in [4.69, 9.17) is 4.74 Å². The molecular weight excluding hydrogens is 310 g/mol. The number of fused-ring (bicyclic) bond motifs is 1. The lowest BCUT2D eigenvalue weighted by Crippen LogP contribution is -2.34. The Bertz CT molecular complexity index is 688. The van der Waals surface area contributed by atoms with Crippen molar-refractivity contribution < 1.29 is 19.1 Å². The number of nitrogens with one attached hydrogen (secondary N) is 1. The van der Waals surface area contributed by atoms with Crippen LogP contribution in [0, 0.1) is 6.92 Å². The molecule has 1 N–H and O–H groups in total. The van der Waals surface area contributed by atoms with Crippen molar-refractivity contribution in [3.8, 4) is 5.75 Å². The third-order valence-corrected chi connectivity index (χ3v) is 4.30. The number of ether oxygens (including phenoxy) is 1. The summed E-state index contributed by atoms with van der Waals surface area (Å²) in [5, 5.41) is 2.96. The number of rotatable bonds is 5. The Morgan fingerprint density at radius 2 is 2.17 bits per heavy atom. The van der Waals surface area contributed by atoms with Crippen LogP contribution in [0.15, 0.2) is 18.2 Å². The zero-order valence-corrected chi connectivity index (χ0v) is 13.9. The van der Waals surface area contributed by atoms with Crippen LogP contribution in [0.2, 0.25) is 0 Å². The molecule has 7 heteroatoms. The molecule has 1 aromatic carbocycles. The number of carbonyl (C=O) groups is 3. The number of imide groups is 1. The molecule has 24 heavy (non-hydrogen) atoms. The molecule has 2 heterocycles. The number of nitrogens with zero attached hydrogens (tertiary/aromatic N) is 2. The molecule has 4 amide bonds. The lowest BCUT2D eigenvalue weighted by atomic mass is 10.1. The Hall–Kier alpha value is -2.57. The minimum atomic E-state index is -0.297. The Labute approximate surface area is 140 Å². The van der Waals surface area contributed by atoms with E-state index in [0.29, 0.717) is 13.0 Å². The number of benzene rings is 1. The molecule has 7 nitrogen and oxygen atoms in total. The van der Waals surface area contributed by atoms with Crippen LogP contribution in [-0.4, -0.2) is 54.4 Å². The number of urea groups is 1. The van der Waals surface area contributed by atoms with Gasteiger partial charge in [-0.05, 0) is 19.4 Å².